The third-order valence-electron chi connectivity index (χ3n) is 4.96. The van der Waals surface area contributed by atoms with Crippen LogP contribution in [0.25, 0.3) is 0 Å². The van der Waals surface area contributed by atoms with Gasteiger partial charge in [0.25, 0.3) is 0 Å². The van der Waals surface area contributed by atoms with Gasteiger partial charge in [0, 0.05) is 0 Å². The minimum Gasteiger partial charge on any atom is -0.103 e. The minimum atomic E-state index is 1.04. The van der Waals surface area contributed by atoms with E-state index in [1.807, 2.05) is 75.3 Å². The molecule has 0 unspecified atom stereocenters. The van der Waals surface area contributed by atoms with Gasteiger partial charge in [-0.25, -0.2) is 0 Å². The molecule has 0 amide bonds. The first kappa shape index (κ1) is 37.9. The molecule has 0 aliphatic rings. The molecule has 0 aliphatic heterocycles. The number of allylic oxidation sites excluding steroid dienone is 1. The third-order valence-corrected chi connectivity index (χ3v) is 4.96. The summed E-state index contributed by atoms with van der Waals surface area (Å²) in [6.07, 6.45) is 8.56. The van der Waals surface area contributed by atoms with Gasteiger partial charge in [0.15, 0.2) is 0 Å². The lowest BCUT2D eigenvalue weighted by Crippen LogP contribution is -2.00. The molecule has 3 aromatic rings. The molecular weight excluding hydrogens is 432 g/mol. The fourth-order valence-electron chi connectivity index (χ4n) is 3.43. The molecule has 0 aliphatic carbocycles. The van der Waals surface area contributed by atoms with E-state index in [9.17, 15) is 0 Å². The topological polar surface area (TPSA) is 0 Å². The van der Waals surface area contributed by atoms with E-state index in [4.69, 9.17) is 0 Å². The third kappa shape index (κ3) is 17.8. The van der Waals surface area contributed by atoms with Crippen molar-refractivity contribution in [2.24, 2.45) is 0 Å². The summed E-state index contributed by atoms with van der Waals surface area (Å²) in [5.41, 5.74) is 7.25. The summed E-state index contributed by atoms with van der Waals surface area (Å²) in [5, 5.41) is 0. The summed E-state index contributed by atoms with van der Waals surface area (Å²) in [5.74, 6) is 0. The van der Waals surface area contributed by atoms with Crippen LogP contribution in [0.5, 0.6) is 0 Å². The molecule has 0 radical (unpaired) electrons. The normalized spacial score (nSPS) is 8.50. The van der Waals surface area contributed by atoms with Crippen molar-refractivity contribution in [1.29, 1.82) is 0 Å². The molecule has 0 nitrogen and oxygen atoms in total. The molecular formula is C36H58. The van der Waals surface area contributed by atoms with Crippen molar-refractivity contribution in [3.63, 3.8) is 0 Å². The molecule has 3 aromatic carbocycles. The standard InChI is InChI=1S/C26H28.5C2H6/c1-2-3-14-25-19-18-24(16-15-22-10-6-4-7-11-22)21-26(25)20-17-23-12-8-5-9-13-23;5*1-2/h2,4-13,18-19,21H,1,3,14-17,20H2;5*1-2H3. The first-order chi connectivity index (χ1) is 17.8. The van der Waals surface area contributed by atoms with Crippen LogP contribution in [-0.4, -0.2) is 0 Å². The quantitative estimate of drug-likeness (QED) is 0.262. The van der Waals surface area contributed by atoms with Gasteiger partial charge in [0.05, 0.1) is 0 Å². The van der Waals surface area contributed by atoms with E-state index in [1.54, 1.807) is 0 Å². The molecule has 0 atom stereocenters. The summed E-state index contributed by atoms with van der Waals surface area (Å²) in [7, 11) is 0. The maximum Gasteiger partial charge on any atom is -0.0235 e. The molecule has 0 fully saturated rings. The zero-order valence-corrected chi connectivity index (χ0v) is 25.5. The first-order valence-corrected chi connectivity index (χ1v) is 14.6. The van der Waals surface area contributed by atoms with Gasteiger partial charge < -0.3 is 0 Å². The van der Waals surface area contributed by atoms with E-state index in [0.717, 1.165) is 38.5 Å². The van der Waals surface area contributed by atoms with Crippen molar-refractivity contribution in [2.75, 3.05) is 0 Å². The van der Waals surface area contributed by atoms with E-state index in [1.165, 1.54) is 27.8 Å². The highest BCUT2D eigenvalue weighted by atomic mass is 14.1. The fraction of sp³-hybridized carbons (Fsp3) is 0.444. The molecule has 36 heavy (non-hydrogen) atoms. The molecule has 0 N–H and O–H groups in total. The van der Waals surface area contributed by atoms with Gasteiger partial charge in [-0.15, -0.1) is 6.58 Å². The van der Waals surface area contributed by atoms with E-state index >= 15 is 0 Å². The summed E-state index contributed by atoms with van der Waals surface area (Å²) in [6.45, 7) is 23.9. The second kappa shape index (κ2) is 30.4. The van der Waals surface area contributed by atoms with Crippen LogP contribution in [0, 0.1) is 0 Å². The minimum absolute atomic E-state index is 1.04. The van der Waals surface area contributed by atoms with Gasteiger partial charge in [-0.2, -0.15) is 0 Å². The van der Waals surface area contributed by atoms with Crippen molar-refractivity contribution in [2.45, 2.75) is 108 Å². The highest BCUT2D eigenvalue weighted by Gasteiger charge is 2.05. The van der Waals surface area contributed by atoms with Gasteiger partial charge in [0.2, 0.25) is 0 Å². The Labute approximate surface area is 226 Å². The number of benzene rings is 3. The lowest BCUT2D eigenvalue weighted by Gasteiger charge is -2.12. The Bertz CT molecular complexity index is 800. The van der Waals surface area contributed by atoms with Crippen LogP contribution in [0.1, 0.15) is 103 Å². The molecule has 0 aromatic heterocycles. The predicted octanol–water partition coefficient (Wildman–Crippen LogP) is 11.5. The van der Waals surface area contributed by atoms with E-state index < -0.39 is 0 Å². The first-order valence-electron chi connectivity index (χ1n) is 14.6. The Morgan fingerprint density at radius 3 is 1.31 bits per heavy atom. The van der Waals surface area contributed by atoms with Gasteiger partial charge in [-0.1, -0.05) is 154 Å². The highest BCUT2D eigenvalue weighted by molar-refractivity contribution is 5.34. The van der Waals surface area contributed by atoms with Crippen molar-refractivity contribution >= 4 is 0 Å². The lowest BCUT2D eigenvalue weighted by molar-refractivity contribution is 0.892. The summed E-state index contributed by atoms with van der Waals surface area (Å²) < 4.78 is 0. The van der Waals surface area contributed by atoms with E-state index in [0.29, 0.717) is 0 Å². The predicted molar refractivity (Wildman–Crippen MR) is 169 cm³/mol. The molecule has 0 saturated carbocycles. The van der Waals surface area contributed by atoms with Crippen LogP contribution < -0.4 is 0 Å². The van der Waals surface area contributed by atoms with Crippen LogP contribution in [0.2, 0.25) is 0 Å². The number of aryl methyl sites for hydroxylation is 5. The summed E-state index contributed by atoms with van der Waals surface area (Å²) >= 11 is 0. The lowest BCUT2D eigenvalue weighted by atomic mass is 9.93. The molecule has 0 heterocycles. The highest BCUT2D eigenvalue weighted by Crippen LogP contribution is 2.19. The Hall–Kier alpha value is -2.60. The molecule has 0 spiro atoms. The van der Waals surface area contributed by atoms with Gasteiger partial charge in [-0.3, -0.25) is 0 Å². The monoisotopic (exact) mass is 490 g/mol. The maximum atomic E-state index is 3.88. The smallest absolute Gasteiger partial charge is 0.0235 e. The largest absolute Gasteiger partial charge is 0.103 e. The number of hydrogen-bond donors (Lipinski definition) is 0. The second-order valence-corrected chi connectivity index (χ2v) is 6.90. The number of hydrogen-bond acceptors (Lipinski definition) is 0. The summed E-state index contributed by atoms with van der Waals surface area (Å²) in [4.78, 5) is 0. The van der Waals surface area contributed by atoms with E-state index in [-0.39, 0.29) is 0 Å². The van der Waals surface area contributed by atoms with Crippen LogP contribution in [0.15, 0.2) is 91.5 Å². The van der Waals surface area contributed by atoms with Crippen molar-refractivity contribution in [1.82, 2.24) is 0 Å². The van der Waals surface area contributed by atoms with Crippen LogP contribution in [-0.2, 0) is 32.1 Å². The Morgan fingerprint density at radius 1 is 0.444 bits per heavy atom. The molecule has 0 bridgehead atoms. The second-order valence-electron chi connectivity index (χ2n) is 6.90. The molecule has 3 rings (SSSR count). The van der Waals surface area contributed by atoms with Crippen LogP contribution >= 0.6 is 0 Å². The average Bonchev–Trinajstić information content (AvgIpc) is 3.00. The van der Waals surface area contributed by atoms with E-state index in [2.05, 4.69) is 85.4 Å². The van der Waals surface area contributed by atoms with Gasteiger partial charge in [0.1, 0.15) is 0 Å². The Balaban J connectivity index is -0.000000973. The zero-order valence-electron chi connectivity index (χ0n) is 25.5. The Morgan fingerprint density at radius 2 is 0.861 bits per heavy atom. The molecule has 0 saturated heterocycles. The Kier molecular flexibility index (Phi) is 32.1. The fourth-order valence-corrected chi connectivity index (χ4v) is 3.43. The molecule has 202 valence electrons. The maximum absolute atomic E-state index is 3.88. The van der Waals surface area contributed by atoms with Crippen LogP contribution in [0.4, 0.5) is 0 Å². The molecule has 0 heteroatoms. The number of rotatable bonds is 9. The average molecular weight is 491 g/mol. The van der Waals surface area contributed by atoms with Crippen molar-refractivity contribution < 1.29 is 0 Å². The van der Waals surface area contributed by atoms with Crippen LogP contribution in [0.3, 0.4) is 0 Å². The SMILES string of the molecule is C=CCCc1ccc(CCc2ccccc2)cc1CCc1ccccc1.CC.CC.CC.CC.CC. The van der Waals surface area contributed by atoms with Gasteiger partial charge >= 0.3 is 0 Å². The zero-order chi connectivity index (χ0) is 28.0. The summed E-state index contributed by atoms with van der Waals surface area (Å²) in [6, 6.07) is 28.6. The van der Waals surface area contributed by atoms with Crippen molar-refractivity contribution in [3.8, 4) is 0 Å². The van der Waals surface area contributed by atoms with Crippen molar-refractivity contribution in [3.05, 3.63) is 119 Å². The van der Waals surface area contributed by atoms with Gasteiger partial charge in [-0.05, 0) is 66.3 Å².